The maximum Gasteiger partial charge on any atom is 0.225 e. The van der Waals surface area contributed by atoms with E-state index in [1.54, 1.807) is 0 Å². The molecule has 1 atom stereocenters. The van der Waals surface area contributed by atoms with Crippen LogP contribution < -0.4 is 0 Å². The third-order valence-electron chi connectivity index (χ3n) is 4.25. The van der Waals surface area contributed by atoms with Crippen molar-refractivity contribution in [2.75, 3.05) is 19.7 Å². The molecule has 2 rings (SSSR count). The van der Waals surface area contributed by atoms with Crippen LogP contribution in [0.5, 0.6) is 0 Å². The summed E-state index contributed by atoms with van der Waals surface area (Å²) in [7, 11) is 0. The number of hydrogen-bond donors (Lipinski definition) is 1. The molecule has 0 aromatic heterocycles. The topological polar surface area (TPSA) is 49.8 Å². The fourth-order valence-electron chi connectivity index (χ4n) is 3.03. The Balaban J connectivity index is 1.91. The molecule has 2 aliphatic rings. The number of morpholine rings is 1. The lowest BCUT2D eigenvalue weighted by molar-refractivity contribution is -0.157. The van der Waals surface area contributed by atoms with Gasteiger partial charge in [-0.15, -0.1) is 0 Å². The zero-order valence-electron chi connectivity index (χ0n) is 11.4. The Morgan fingerprint density at radius 3 is 2.78 bits per heavy atom. The highest BCUT2D eigenvalue weighted by Crippen LogP contribution is 2.34. The lowest BCUT2D eigenvalue weighted by Crippen LogP contribution is -2.54. The van der Waals surface area contributed by atoms with Crippen molar-refractivity contribution in [1.29, 1.82) is 0 Å². The van der Waals surface area contributed by atoms with E-state index in [0.29, 0.717) is 19.6 Å². The Hall–Kier alpha value is -0.610. The fraction of sp³-hybridized carbons (Fsp3) is 0.929. The molecule has 1 saturated carbocycles. The second-order valence-corrected chi connectivity index (χ2v) is 5.67. The lowest BCUT2D eigenvalue weighted by Gasteiger charge is -2.45. The van der Waals surface area contributed by atoms with Crippen LogP contribution in [-0.4, -0.2) is 47.3 Å². The molecule has 0 aromatic carbocycles. The van der Waals surface area contributed by atoms with Crippen molar-refractivity contribution in [3.63, 3.8) is 0 Å². The Labute approximate surface area is 109 Å². The third kappa shape index (κ3) is 3.23. The average Bonchev–Trinajstić information content (AvgIpc) is 2.39. The Bertz CT molecular complexity index is 281. The fourth-order valence-corrected chi connectivity index (χ4v) is 3.03. The summed E-state index contributed by atoms with van der Waals surface area (Å²) in [5.74, 6) is 0.0811. The number of carbonyl (C=O) groups is 1. The molecular weight excluding hydrogens is 230 g/mol. The minimum atomic E-state index is -0.498. The molecule has 1 amide bonds. The molecule has 1 spiro atoms. The minimum absolute atomic E-state index is 0.0800. The highest BCUT2D eigenvalue weighted by Gasteiger charge is 2.39. The zero-order valence-corrected chi connectivity index (χ0v) is 11.4. The van der Waals surface area contributed by atoms with Crippen molar-refractivity contribution in [2.24, 2.45) is 0 Å². The summed E-state index contributed by atoms with van der Waals surface area (Å²) >= 11 is 0. The van der Waals surface area contributed by atoms with Gasteiger partial charge in [-0.1, -0.05) is 26.2 Å². The average molecular weight is 255 g/mol. The molecule has 18 heavy (non-hydrogen) atoms. The molecule has 1 aliphatic heterocycles. The molecule has 0 unspecified atom stereocenters. The molecule has 2 fully saturated rings. The van der Waals surface area contributed by atoms with Gasteiger partial charge in [-0.3, -0.25) is 4.79 Å². The van der Waals surface area contributed by atoms with E-state index < -0.39 is 6.10 Å². The van der Waals surface area contributed by atoms with E-state index >= 15 is 0 Å². The van der Waals surface area contributed by atoms with Crippen LogP contribution in [0, 0.1) is 0 Å². The van der Waals surface area contributed by atoms with Crippen LogP contribution in [0.25, 0.3) is 0 Å². The van der Waals surface area contributed by atoms with Crippen LogP contribution in [-0.2, 0) is 9.53 Å². The van der Waals surface area contributed by atoms with Gasteiger partial charge in [-0.05, 0) is 19.3 Å². The summed E-state index contributed by atoms with van der Waals surface area (Å²) < 4.78 is 5.96. The first-order valence-corrected chi connectivity index (χ1v) is 7.25. The lowest BCUT2D eigenvalue weighted by atomic mass is 9.83. The minimum Gasteiger partial charge on any atom is -0.393 e. The smallest absolute Gasteiger partial charge is 0.225 e. The molecular formula is C14H25NO3. The summed E-state index contributed by atoms with van der Waals surface area (Å²) in [6, 6.07) is 0. The Morgan fingerprint density at radius 1 is 1.39 bits per heavy atom. The number of amides is 1. The van der Waals surface area contributed by atoms with Gasteiger partial charge in [0.1, 0.15) is 0 Å². The van der Waals surface area contributed by atoms with Gasteiger partial charge in [0.25, 0.3) is 0 Å². The Kier molecular flexibility index (Phi) is 4.62. The first kappa shape index (κ1) is 13.8. The van der Waals surface area contributed by atoms with E-state index in [2.05, 4.69) is 0 Å². The van der Waals surface area contributed by atoms with Crippen LogP contribution in [0.2, 0.25) is 0 Å². The second-order valence-electron chi connectivity index (χ2n) is 5.67. The second kappa shape index (κ2) is 6.02. The van der Waals surface area contributed by atoms with E-state index in [1.165, 1.54) is 19.3 Å². The Morgan fingerprint density at radius 2 is 2.11 bits per heavy atom. The largest absolute Gasteiger partial charge is 0.393 e. The predicted molar refractivity (Wildman–Crippen MR) is 69.3 cm³/mol. The number of rotatable bonds is 3. The molecule has 1 saturated heterocycles. The number of nitrogens with zero attached hydrogens (tertiary/aromatic N) is 1. The van der Waals surface area contributed by atoms with Gasteiger partial charge in [-0.2, -0.15) is 0 Å². The van der Waals surface area contributed by atoms with Gasteiger partial charge in [0.05, 0.1) is 24.7 Å². The van der Waals surface area contributed by atoms with Crippen molar-refractivity contribution >= 4 is 5.91 Å². The standard InChI is InChI=1S/C14H25NO3/c1-2-12(16)10-13(17)15-8-9-18-14(11-15)6-4-3-5-7-14/h12,16H,2-11H2,1H3/t12-/m0/s1. The van der Waals surface area contributed by atoms with Crippen molar-refractivity contribution in [1.82, 2.24) is 4.90 Å². The third-order valence-corrected chi connectivity index (χ3v) is 4.25. The summed E-state index contributed by atoms with van der Waals surface area (Å²) in [5, 5.41) is 9.58. The summed E-state index contributed by atoms with van der Waals surface area (Å²) in [6.07, 6.45) is 6.25. The monoisotopic (exact) mass is 255 g/mol. The quantitative estimate of drug-likeness (QED) is 0.835. The van der Waals surface area contributed by atoms with Crippen LogP contribution in [0.15, 0.2) is 0 Å². The number of carbonyl (C=O) groups excluding carboxylic acids is 1. The summed E-state index contributed by atoms with van der Waals surface area (Å²) in [5.41, 5.74) is -0.0800. The molecule has 0 aromatic rings. The highest BCUT2D eigenvalue weighted by molar-refractivity contribution is 5.76. The van der Waals surface area contributed by atoms with Gasteiger partial charge in [0, 0.05) is 13.1 Å². The first-order chi connectivity index (χ1) is 8.65. The number of ether oxygens (including phenoxy) is 1. The predicted octanol–water partition coefficient (Wildman–Crippen LogP) is 1.71. The van der Waals surface area contributed by atoms with E-state index in [0.717, 1.165) is 19.4 Å². The van der Waals surface area contributed by atoms with E-state index in [4.69, 9.17) is 4.74 Å². The summed E-state index contributed by atoms with van der Waals surface area (Å²) in [4.78, 5) is 14.0. The molecule has 4 nitrogen and oxygen atoms in total. The van der Waals surface area contributed by atoms with Crippen LogP contribution in [0.3, 0.4) is 0 Å². The molecule has 0 bridgehead atoms. The van der Waals surface area contributed by atoms with Crippen molar-refractivity contribution in [2.45, 2.75) is 63.6 Å². The van der Waals surface area contributed by atoms with Gasteiger partial charge in [0.2, 0.25) is 5.91 Å². The van der Waals surface area contributed by atoms with E-state index in [-0.39, 0.29) is 17.9 Å². The van der Waals surface area contributed by atoms with Crippen LogP contribution >= 0.6 is 0 Å². The van der Waals surface area contributed by atoms with Crippen LogP contribution in [0.1, 0.15) is 51.9 Å². The zero-order chi connectivity index (χ0) is 13.0. The maximum absolute atomic E-state index is 12.1. The van der Waals surface area contributed by atoms with Gasteiger partial charge in [-0.25, -0.2) is 0 Å². The van der Waals surface area contributed by atoms with Gasteiger partial charge < -0.3 is 14.7 Å². The SMILES string of the molecule is CC[C@H](O)CC(=O)N1CCOC2(CCCCC2)C1. The number of hydrogen-bond acceptors (Lipinski definition) is 3. The van der Waals surface area contributed by atoms with Crippen molar-refractivity contribution in [3.05, 3.63) is 0 Å². The number of aliphatic hydroxyl groups is 1. The van der Waals surface area contributed by atoms with Crippen molar-refractivity contribution < 1.29 is 14.6 Å². The molecule has 0 radical (unpaired) electrons. The van der Waals surface area contributed by atoms with Gasteiger partial charge >= 0.3 is 0 Å². The van der Waals surface area contributed by atoms with Gasteiger partial charge in [0.15, 0.2) is 0 Å². The van der Waals surface area contributed by atoms with Crippen molar-refractivity contribution in [3.8, 4) is 0 Å². The normalized spacial score (nSPS) is 25.1. The first-order valence-electron chi connectivity index (χ1n) is 7.25. The highest BCUT2D eigenvalue weighted by atomic mass is 16.5. The molecule has 104 valence electrons. The van der Waals surface area contributed by atoms with E-state index in [9.17, 15) is 9.90 Å². The number of aliphatic hydroxyl groups excluding tert-OH is 1. The van der Waals surface area contributed by atoms with Crippen LogP contribution in [0.4, 0.5) is 0 Å². The molecule has 1 heterocycles. The summed E-state index contributed by atoms with van der Waals surface area (Å²) in [6.45, 7) is 3.95. The molecule has 1 aliphatic carbocycles. The molecule has 4 heteroatoms. The maximum atomic E-state index is 12.1. The van der Waals surface area contributed by atoms with E-state index in [1.807, 2.05) is 11.8 Å². The molecule has 1 N–H and O–H groups in total.